The highest BCUT2D eigenvalue weighted by Crippen LogP contribution is 2.30. The molecule has 0 saturated carbocycles. The van der Waals surface area contributed by atoms with Gasteiger partial charge in [-0.3, -0.25) is 14.4 Å². The maximum Gasteiger partial charge on any atom is 0.272 e. The molecular weight excluding hydrogens is 428 g/mol. The predicted molar refractivity (Wildman–Crippen MR) is 132 cm³/mol. The van der Waals surface area contributed by atoms with E-state index in [2.05, 4.69) is 36.2 Å². The van der Waals surface area contributed by atoms with Crippen LogP contribution in [-0.2, 0) is 11.3 Å². The van der Waals surface area contributed by atoms with Gasteiger partial charge >= 0.3 is 0 Å². The lowest BCUT2D eigenvalue weighted by atomic mass is 9.89. The van der Waals surface area contributed by atoms with Gasteiger partial charge in [-0.1, -0.05) is 37.3 Å². The molecule has 2 bridgehead atoms. The van der Waals surface area contributed by atoms with Crippen molar-refractivity contribution in [3.63, 3.8) is 0 Å². The lowest BCUT2D eigenvalue weighted by Crippen LogP contribution is -2.60. The number of ether oxygens (including phenoxy) is 2. The molecule has 0 radical (unpaired) electrons. The van der Waals surface area contributed by atoms with Gasteiger partial charge in [0.15, 0.2) is 5.69 Å². The zero-order chi connectivity index (χ0) is 23.7. The molecule has 7 nitrogen and oxygen atoms in total. The Hall–Kier alpha value is -2.90. The smallest absolute Gasteiger partial charge is 0.272 e. The van der Waals surface area contributed by atoms with Crippen molar-refractivity contribution in [1.82, 2.24) is 20.0 Å². The Bertz CT molecular complexity index is 1130. The van der Waals surface area contributed by atoms with E-state index in [9.17, 15) is 4.79 Å². The van der Waals surface area contributed by atoms with Crippen molar-refractivity contribution < 1.29 is 14.3 Å². The maximum absolute atomic E-state index is 13.4. The molecular formula is C27H34N4O3. The molecule has 2 aliphatic rings. The number of hydrogen-bond acceptors (Lipinski definition) is 5. The van der Waals surface area contributed by atoms with Crippen molar-refractivity contribution in [3.8, 4) is 5.75 Å². The Morgan fingerprint density at radius 1 is 1.15 bits per heavy atom. The number of carbonyl (C=O) groups excluding carboxylic acids is 1. The number of hydrogen-bond donors (Lipinski definition) is 1. The minimum absolute atomic E-state index is 0.0779. The molecule has 2 fully saturated rings. The van der Waals surface area contributed by atoms with Gasteiger partial charge in [0.1, 0.15) is 5.75 Å². The molecule has 4 atom stereocenters. The fraction of sp³-hybridized carbons (Fsp3) is 0.481. The summed E-state index contributed by atoms with van der Waals surface area (Å²) in [5.74, 6) is 0.794. The summed E-state index contributed by atoms with van der Waals surface area (Å²) in [6.45, 7) is 6.56. The first-order valence-electron chi connectivity index (χ1n) is 12.3. The fourth-order valence-corrected chi connectivity index (χ4v) is 5.33. The fourth-order valence-electron chi connectivity index (χ4n) is 5.33. The van der Waals surface area contributed by atoms with Crippen LogP contribution < -0.4 is 10.1 Å². The average molecular weight is 463 g/mol. The minimum atomic E-state index is -0.0779. The van der Waals surface area contributed by atoms with Gasteiger partial charge in [-0.25, -0.2) is 0 Å². The summed E-state index contributed by atoms with van der Waals surface area (Å²) in [6.07, 6.45) is 2.72. The van der Waals surface area contributed by atoms with E-state index >= 15 is 0 Å². The van der Waals surface area contributed by atoms with Crippen molar-refractivity contribution >= 4 is 16.8 Å². The van der Waals surface area contributed by atoms with E-state index in [1.165, 1.54) is 5.56 Å². The highest BCUT2D eigenvalue weighted by molar-refractivity contribution is 6.05. The molecule has 5 rings (SSSR count). The van der Waals surface area contributed by atoms with Crippen molar-refractivity contribution in [1.29, 1.82) is 0 Å². The summed E-state index contributed by atoms with van der Waals surface area (Å²) < 4.78 is 13.2. The SMILES string of the molecule is CCC(C)n1nc(C(=O)N[C@H]2C[C@H]3COC[C@@H](C2)N3Cc2ccc(OC)cc2)c2ccccc21. The Morgan fingerprint density at radius 3 is 2.53 bits per heavy atom. The molecule has 2 saturated heterocycles. The molecule has 0 spiro atoms. The number of fused-ring (bicyclic) bond motifs is 3. The molecule has 180 valence electrons. The molecule has 1 N–H and O–H groups in total. The van der Waals surface area contributed by atoms with Gasteiger partial charge in [0.2, 0.25) is 0 Å². The largest absolute Gasteiger partial charge is 0.497 e. The van der Waals surface area contributed by atoms with Gasteiger partial charge in [0, 0.05) is 36.1 Å². The third kappa shape index (κ3) is 4.42. The topological polar surface area (TPSA) is 68.6 Å². The Kier molecular flexibility index (Phi) is 6.57. The van der Waals surface area contributed by atoms with Gasteiger partial charge in [-0.15, -0.1) is 0 Å². The number of para-hydroxylation sites is 1. The lowest BCUT2D eigenvalue weighted by molar-refractivity contribution is -0.0843. The van der Waals surface area contributed by atoms with E-state index in [1.807, 2.05) is 41.1 Å². The van der Waals surface area contributed by atoms with Crippen molar-refractivity contribution in [3.05, 3.63) is 59.8 Å². The third-order valence-electron chi connectivity index (χ3n) is 7.37. The Morgan fingerprint density at radius 2 is 1.85 bits per heavy atom. The summed E-state index contributed by atoms with van der Waals surface area (Å²) >= 11 is 0. The number of nitrogens with zero attached hydrogens (tertiary/aromatic N) is 3. The molecule has 3 aromatic rings. The van der Waals surface area contributed by atoms with E-state index in [0.717, 1.165) is 42.5 Å². The van der Waals surface area contributed by atoms with Crippen LogP contribution in [-0.4, -0.2) is 59.0 Å². The van der Waals surface area contributed by atoms with Crippen LogP contribution in [0.25, 0.3) is 10.9 Å². The first-order chi connectivity index (χ1) is 16.6. The van der Waals surface area contributed by atoms with E-state index in [1.54, 1.807) is 7.11 Å². The summed E-state index contributed by atoms with van der Waals surface area (Å²) in [5.41, 5.74) is 2.81. The van der Waals surface area contributed by atoms with E-state index in [0.29, 0.717) is 18.9 Å². The summed E-state index contributed by atoms with van der Waals surface area (Å²) in [5, 5.41) is 8.97. The predicted octanol–water partition coefficient (Wildman–Crippen LogP) is 4.18. The monoisotopic (exact) mass is 462 g/mol. The Labute approximate surface area is 201 Å². The Balaban J connectivity index is 1.30. The van der Waals surface area contributed by atoms with Crippen LogP contribution in [0.4, 0.5) is 0 Å². The van der Waals surface area contributed by atoms with Crippen LogP contribution in [0, 0.1) is 0 Å². The van der Waals surface area contributed by atoms with Gasteiger partial charge < -0.3 is 14.8 Å². The van der Waals surface area contributed by atoms with Crippen LogP contribution in [0.1, 0.15) is 55.2 Å². The van der Waals surface area contributed by atoms with Crippen LogP contribution in [0.5, 0.6) is 5.75 Å². The second kappa shape index (κ2) is 9.76. The first-order valence-corrected chi connectivity index (χ1v) is 12.3. The maximum atomic E-state index is 13.4. The van der Waals surface area contributed by atoms with Crippen LogP contribution in [0.15, 0.2) is 48.5 Å². The van der Waals surface area contributed by atoms with E-state index in [4.69, 9.17) is 14.6 Å². The first kappa shape index (κ1) is 22.9. The number of rotatable bonds is 7. The zero-order valence-corrected chi connectivity index (χ0v) is 20.2. The van der Waals surface area contributed by atoms with Gasteiger partial charge in [0.25, 0.3) is 5.91 Å². The number of nitrogens with one attached hydrogen (secondary N) is 1. The molecule has 1 aromatic heterocycles. The van der Waals surface area contributed by atoms with E-state index < -0.39 is 0 Å². The molecule has 2 aromatic carbocycles. The number of aromatic nitrogens is 2. The number of carbonyl (C=O) groups is 1. The summed E-state index contributed by atoms with van der Waals surface area (Å²) in [4.78, 5) is 15.9. The van der Waals surface area contributed by atoms with Crippen LogP contribution in [0.2, 0.25) is 0 Å². The van der Waals surface area contributed by atoms with Crippen LogP contribution in [0.3, 0.4) is 0 Å². The number of benzene rings is 2. The van der Waals surface area contributed by atoms with Crippen molar-refractivity contribution in [2.45, 2.75) is 63.8 Å². The van der Waals surface area contributed by atoms with Crippen molar-refractivity contribution in [2.24, 2.45) is 0 Å². The van der Waals surface area contributed by atoms with Gasteiger partial charge in [-0.05, 0) is 49.9 Å². The molecule has 7 heteroatoms. The molecule has 0 aliphatic carbocycles. The zero-order valence-electron chi connectivity index (χ0n) is 20.2. The molecule has 2 aliphatic heterocycles. The van der Waals surface area contributed by atoms with Gasteiger partial charge in [-0.2, -0.15) is 5.10 Å². The van der Waals surface area contributed by atoms with Crippen molar-refractivity contribution in [2.75, 3.05) is 20.3 Å². The number of morpholine rings is 1. The lowest BCUT2D eigenvalue weighted by Gasteiger charge is -2.48. The second-order valence-electron chi connectivity index (χ2n) is 9.57. The molecule has 34 heavy (non-hydrogen) atoms. The second-order valence-corrected chi connectivity index (χ2v) is 9.57. The summed E-state index contributed by atoms with van der Waals surface area (Å²) in [6, 6.07) is 17.2. The number of methoxy groups -OCH3 is 1. The highest BCUT2D eigenvalue weighted by atomic mass is 16.5. The number of amides is 1. The van der Waals surface area contributed by atoms with E-state index in [-0.39, 0.29) is 30.1 Å². The van der Waals surface area contributed by atoms with Gasteiger partial charge in [0.05, 0.1) is 25.8 Å². The van der Waals surface area contributed by atoms with Crippen LogP contribution >= 0.6 is 0 Å². The minimum Gasteiger partial charge on any atom is -0.497 e. The summed E-state index contributed by atoms with van der Waals surface area (Å²) in [7, 11) is 1.69. The average Bonchev–Trinajstić information content (AvgIpc) is 3.24. The molecule has 3 heterocycles. The highest BCUT2D eigenvalue weighted by Gasteiger charge is 2.39. The standard InChI is InChI=1S/C27H34N4O3/c1-4-18(2)31-25-8-6-5-7-24(25)26(29-31)27(32)28-20-13-21-16-34-17-22(14-20)30(21)15-19-9-11-23(33-3)12-10-19/h5-12,18,20-22H,4,13-17H2,1-3H3,(H,28,32)/t18?,20-,21-,22+. The molecule has 1 unspecified atom stereocenters. The quantitative estimate of drug-likeness (QED) is 0.571. The normalized spacial score (nSPS) is 23.6. The number of piperidine rings is 1. The molecule has 1 amide bonds. The third-order valence-corrected chi connectivity index (χ3v) is 7.37.